The SMILES string of the molecule is CC(C)c1n[nH]c(C2CN(C(=O)C3Cc4ccccc4O3)CCO2)n1. The van der Waals surface area contributed by atoms with Crippen molar-refractivity contribution in [1.29, 1.82) is 0 Å². The molecule has 7 heteroatoms. The summed E-state index contributed by atoms with van der Waals surface area (Å²) >= 11 is 0. The van der Waals surface area contributed by atoms with Gasteiger partial charge in [0.15, 0.2) is 17.8 Å². The number of rotatable bonds is 3. The lowest BCUT2D eigenvalue weighted by Gasteiger charge is -2.33. The zero-order valence-corrected chi connectivity index (χ0v) is 14.4. The fourth-order valence-electron chi connectivity index (χ4n) is 3.23. The van der Waals surface area contributed by atoms with Gasteiger partial charge in [-0.05, 0) is 11.6 Å². The van der Waals surface area contributed by atoms with E-state index in [4.69, 9.17) is 9.47 Å². The van der Waals surface area contributed by atoms with Crippen LogP contribution >= 0.6 is 0 Å². The monoisotopic (exact) mass is 342 g/mol. The minimum Gasteiger partial charge on any atom is -0.480 e. The third-order valence-electron chi connectivity index (χ3n) is 4.64. The Morgan fingerprint density at radius 2 is 2.20 bits per heavy atom. The van der Waals surface area contributed by atoms with Crippen molar-refractivity contribution in [3.63, 3.8) is 0 Å². The second-order valence-corrected chi connectivity index (χ2v) is 6.80. The summed E-state index contributed by atoms with van der Waals surface area (Å²) < 4.78 is 11.6. The van der Waals surface area contributed by atoms with Crippen LogP contribution in [0.15, 0.2) is 24.3 Å². The summed E-state index contributed by atoms with van der Waals surface area (Å²) in [5.41, 5.74) is 1.09. The van der Waals surface area contributed by atoms with Crippen LogP contribution in [0.1, 0.15) is 43.1 Å². The van der Waals surface area contributed by atoms with E-state index in [1.165, 1.54) is 0 Å². The van der Waals surface area contributed by atoms with Crippen molar-refractivity contribution in [2.75, 3.05) is 19.7 Å². The summed E-state index contributed by atoms with van der Waals surface area (Å²) in [6.45, 7) is 5.59. The van der Waals surface area contributed by atoms with Crippen LogP contribution < -0.4 is 4.74 Å². The minimum atomic E-state index is -0.447. The Labute approximate surface area is 146 Å². The number of benzene rings is 1. The quantitative estimate of drug-likeness (QED) is 0.920. The van der Waals surface area contributed by atoms with Gasteiger partial charge in [0, 0.05) is 18.9 Å². The summed E-state index contributed by atoms with van der Waals surface area (Å²) in [5.74, 6) is 2.50. The molecule has 1 aromatic heterocycles. The summed E-state index contributed by atoms with van der Waals surface area (Å²) in [5, 5.41) is 7.17. The highest BCUT2D eigenvalue weighted by Gasteiger charge is 2.35. The molecular formula is C18H22N4O3. The van der Waals surface area contributed by atoms with E-state index in [1.54, 1.807) is 0 Å². The standard InChI is InChI=1S/C18H22N4O3/c1-11(2)16-19-17(21-20-16)15-10-22(7-8-24-15)18(23)14-9-12-5-3-4-6-13(12)25-14/h3-6,11,14-15H,7-10H2,1-2H3,(H,19,20,21). The maximum Gasteiger partial charge on any atom is 0.264 e. The van der Waals surface area contributed by atoms with Crippen molar-refractivity contribution >= 4 is 5.91 Å². The normalized spacial score (nSPS) is 22.8. The molecule has 2 aliphatic heterocycles. The van der Waals surface area contributed by atoms with E-state index in [9.17, 15) is 4.79 Å². The van der Waals surface area contributed by atoms with Gasteiger partial charge in [-0.2, -0.15) is 5.10 Å². The van der Waals surface area contributed by atoms with Gasteiger partial charge in [0.2, 0.25) is 0 Å². The summed E-state index contributed by atoms with van der Waals surface area (Å²) in [7, 11) is 0. The van der Waals surface area contributed by atoms with Gasteiger partial charge in [-0.15, -0.1) is 0 Å². The molecule has 2 unspecified atom stereocenters. The van der Waals surface area contributed by atoms with E-state index in [0.29, 0.717) is 31.9 Å². The molecule has 2 aliphatic rings. The third kappa shape index (κ3) is 3.11. The van der Waals surface area contributed by atoms with Crippen molar-refractivity contribution in [1.82, 2.24) is 20.1 Å². The zero-order valence-electron chi connectivity index (χ0n) is 14.4. The number of hydrogen-bond acceptors (Lipinski definition) is 5. The van der Waals surface area contributed by atoms with E-state index < -0.39 is 6.10 Å². The number of aromatic amines is 1. The van der Waals surface area contributed by atoms with E-state index in [1.807, 2.05) is 43.0 Å². The molecule has 1 saturated heterocycles. The molecule has 0 saturated carbocycles. The molecule has 1 aromatic carbocycles. The predicted octanol–water partition coefficient (Wildman–Crippen LogP) is 1.83. The molecule has 25 heavy (non-hydrogen) atoms. The highest BCUT2D eigenvalue weighted by atomic mass is 16.5. The van der Waals surface area contributed by atoms with Gasteiger partial charge >= 0.3 is 0 Å². The van der Waals surface area contributed by atoms with E-state index in [-0.39, 0.29) is 17.9 Å². The molecule has 3 heterocycles. The van der Waals surface area contributed by atoms with Crippen LogP contribution in [0, 0.1) is 0 Å². The maximum atomic E-state index is 12.9. The number of aromatic nitrogens is 3. The molecule has 0 aliphatic carbocycles. The molecule has 1 N–H and O–H groups in total. The molecule has 132 valence electrons. The lowest BCUT2D eigenvalue weighted by atomic mass is 10.1. The van der Waals surface area contributed by atoms with Crippen LogP contribution in [0.2, 0.25) is 0 Å². The van der Waals surface area contributed by atoms with E-state index in [2.05, 4.69) is 15.2 Å². The fourth-order valence-corrected chi connectivity index (χ4v) is 3.23. The second kappa shape index (κ2) is 6.48. The van der Waals surface area contributed by atoms with Crippen molar-refractivity contribution in [3.05, 3.63) is 41.5 Å². The van der Waals surface area contributed by atoms with Crippen LogP contribution in [0.3, 0.4) is 0 Å². The van der Waals surface area contributed by atoms with Crippen LogP contribution in [-0.2, 0) is 16.0 Å². The first-order valence-corrected chi connectivity index (χ1v) is 8.69. The van der Waals surface area contributed by atoms with Crippen LogP contribution in [0.4, 0.5) is 0 Å². The smallest absolute Gasteiger partial charge is 0.264 e. The Hall–Kier alpha value is -2.41. The predicted molar refractivity (Wildman–Crippen MR) is 90.3 cm³/mol. The number of hydrogen-bond donors (Lipinski definition) is 1. The highest BCUT2D eigenvalue weighted by Crippen LogP contribution is 2.30. The van der Waals surface area contributed by atoms with Gasteiger partial charge in [0.05, 0.1) is 13.2 Å². The number of fused-ring (bicyclic) bond motifs is 1. The zero-order chi connectivity index (χ0) is 17.4. The maximum absolute atomic E-state index is 12.9. The molecule has 1 amide bonds. The Bertz CT molecular complexity index is 748. The Balaban J connectivity index is 1.43. The first kappa shape index (κ1) is 16.1. The molecule has 4 rings (SSSR count). The molecule has 0 spiro atoms. The largest absolute Gasteiger partial charge is 0.480 e. The lowest BCUT2D eigenvalue weighted by molar-refractivity contribution is -0.146. The van der Waals surface area contributed by atoms with Gasteiger partial charge < -0.3 is 14.4 Å². The number of nitrogens with zero attached hydrogens (tertiary/aromatic N) is 3. The molecule has 1 fully saturated rings. The van der Waals surface area contributed by atoms with Gasteiger partial charge in [-0.25, -0.2) is 4.98 Å². The first-order valence-electron chi connectivity index (χ1n) is 8.69. The molecule has 2 atom stereocenters. The molecular weight excluding hydrogens is 320 g/mol. The van der Waals surface area contributed by atoms with Crippen LogP contribution in [-0.4, -0.2) is 51.8 Å². The van der Waals surface area contributed by atoms with Gasteiger partial charge in [-0.3, -0.25) is 9.89 Å². The topological polar surface area (TPSA) is 80.3 Å². The second-order valence-electron chi connectivity index (χ2n) is 6.80. The van der Waals surface area contributed by atoms with Crippen molar-refractivity contribution in [2.45, 2.75) is 38.4 Å². The van der Waals surface area contributed by atoms with Gasteiger partial charge in [0.25, 0.3) is 5.91 Å². The van der Waals surface area contributed by atoms with Gasteiger partial charge in [-0.1, -0.05) is 32.0 Å². The number of H-pyrrole nitrogens is 1. The highest BCUT2D eigenvalue weighted by molar-refractivity contribution is 5.82. The first-order chi connectivity index (χ1) is 12.1. The number of amides is 1. The van der Waals surface area contributed by atoms with Crippen molar-refractivity contribution < 1.29 is 14.3 Å². The average molecular weight is 342 g/mol. The number of carbonyl (C=O) groups excluding carboxylic acids is 1. The summed E-state index contributed by atoms with van der Waals surface area (Å²) in [6, 6.07) is 7.81. The Morgan fingerprint density at radius 3 is 2.96 bits per heavy atom. The van der Waals surface area contributed by atoms with Crippen molar-refractivity contribution in [2.24, 2.45) is 0 Å². The molecule has 2 aromatic rings. The summed E-state index contributed by atoms with van der Waals surface area (Å²) in [4.78, 5) is 19.2. The fraction of sp³-hybridized carbons (Fsp3) is 0.500. The van der Waals surface area contributed by atoms with E-state index in [0.717, 1.165) is 17.1 Å². The number of carbonyl (C=O) groups is 1. The number of para-hydroxylation sites is 1. The van der Waals surface area contributed by atoms with E-state index >= 15 is 0 Å². The Morgan fingerprint density at radius 1 is 1.36 bits per heavy atom. The summed E-state index contributed by atoms with van der Waals surface area (Å²) in [6.07, 6.45) is -0.102. The molecule has 0 radical (unpaired) electrons. The number of nitrogens with one attached hydrogen (secondary N) is 1. The lowest BCUT2D eigenvalue weighted by Crippen LogP contribution is -2.48. The molecule has 0 bridgehead atoms. The number of ether oxygens (including phenoxy) is 2. The van der Waals surface area contributed by atoms with Crippen molar-refractivity contribution in [3.8, 4) is 5.75 Å². The van der Waals surface area contributed by atoms with Crippen LogP contribution in [0.25, 0.3) is 0 Å². The number of morpholine rings is 1. The average Bonchev–Trinajstić information content (AvgIpc) is 3.28. The Kier molecular flexibility index (Phi) is 4.17. The minimum absolute atomic E-state index is 0.00750. The molecule has 7 nitrogen and oxygen atoms in total. The third-order valence-corrected chi connectivity index (χ3v) is 4.64. The van der Waals surface area contributed by atoms with Gasteiger partial charge in [0.1, 0.15) is 11.9 Å². The van der Waals surface area contributed by atoms with Crippen LogP contribution in [0.5, 0.6) is 5.75 Å².